The lowest BCUT2D eigenvalue weighted by Gasteiger charge is -2.15. The third kappa shape index (κ3) is 3.43. The van der Waals surface area contributed by atoms with Crippen LogP contribution < -0.4 is 0 Å². The summed E-state index contributed by atoms with van der Waals surface area (Å²) in [4.78, 5) is 17.5. The Bertz CT molecular complexity index is 1260. The molecule has 1 aromatic carbocycles. The zero-order valence-electron chi connectivity index (χ0n) is 16.1. The molecule has 0 aliphatic heterocycles. The van der Waals surface area contributed by atoms with E-state index < -0.39 is 17.7 Å². The number of hydrogen-bond acceptors (Lipinski definition) is 8. The first-order valence-electron chi connectivity index (χ1n) is 9.09. The van der Waals surface area contributed by atoms with Crippen LogP contribution in [0.3, 0.4) is 0 Å². The number of pyridine rings is 1. The van der Waals surface area contributed by atoms with Crippen LogP contribution in [0.2, 0.25) is 0 Å². The van der Waals surface area contributed by atoms with Crippen molar-refractivity contribution >= 4 is 27.9 Å². The van der Waals surface area contributed by atoms with Gasteiger partial charge in [0.1, 0.15) is 29.6 Å². The molecule has 0 radical (unpaired) electrons. The van der Waals surface area contributed by atoms with Gasteiger partial charge in [0.2, 0.25) is 5.65 Å². The highest BCUT2D eigenvalue weighted by Crippen LogP contribution is 2.30. The molecule has 4 aromatic rings. The standard InChI is InChI=1S/C19H17F2N7O2/c1-10(26-30-7-6-29)15-9-23-18-19(24-15)28(27-25-18)11(2)16-13(20)8-14-12(17(16)21)4-3-5-22-14/h3-5,8-9,11,29H,6-7H2,1-2H3. The number of oxime groups is 1. The fourth-order valence-electron chi connectivity index (χ4n) is 3.07. The molecule has 0 bridgehead atoms. The Labute approximate surface area is 169 Å². The number of rotatable bonds is 6. The minimum atomic E-state index is -0.855. The van der Waals surface area contributed by atoms with Crippen molar-refractivity contribution in [3.05, 3.63) is 53.5 Å². The maximum Gasteiger partial charge on any atom is 0.221 e. The van der Waals surface area contributed by atoms with E-state index >= 15 is 4.39 Å². The maximum atomic E-state index is 15.1. The molecule has 0 aliphatic rings. The van der Waals surface area contributed by atoms with Gasteiger partial charge < -0.3 is 9.94 Å². The summed E-state index contributed by atoms with van der Waals surface area (Å²) in [6, 6.07) is 3.46. The summed E-state index contributed by atoms with van der Waals surface area (Å²) < 4.78 is 31.2. The van der Waals surface area contributed by atoms with Crippen molar-refractivity contribution in [3.8, 4) is 0 Å². The normalized spacial score (nSPS) is 13.2. The van der Waals surface area contributed by atoms with Crippen LogP contribution in [0.1, 0.15) is 31.1 Å². The number of aliphatic hydroxyl groups is 1. The average molecular weight is 413 g/mol. The van der Waals surface area contributed by atoms with E-state index in [2.05, 4.69) is 30.4 Å². The van der Waals surface area contributed by atoms with Gasteiger partial charge in [-0.2, -0.15) is 0 Å². The van der Waals surface area contributed by atoms with Gasteiger partial charge in [-0.25, -0.2) is 23.4 Å². The maximum absolute atomic E-state index is 15.1. The third-order valence-electron chi connectivity index (χ3n) is 4.56. The minimum absolute atomic E-state index is 0.0406. The molecule has 0 aliphatic carbocycles. The number of nitrogens with zero attached hydrogens (tertiary/aromatic N) is 7. The van der Waals surface area contributed by atoms with Crippen LogP contribution >= 0.6 is 0 Å². The zero-order chi connectivity index (χ0) is 21.3. The topological polar surface area (TPSA) is 111 Å². The van der Waals surface area contributed by atoms with E-state index in [1.807, 2.05) is 0 Å². The second-order valence-corrected chi connectivity index (χ2v) is 6.50. The molecule has 1 atom stereocenters. The Hall–Kier alpha value is -3.60. The van der Waals surface area contributed by atoms with E-state index in [4.69, 9.17) is 9.94 Å². The minimum Gasteiger partial charge on any atom is -0.393 e. The molecule has 0 saturated heterocycles. The van der Waals surface area contributed by atoms with Crippen molar-refractivity contribution in [2.45, 2.75) is 19.9 Å². The second kappa shape index (κ2) is 8.03. The van der Waals surface area contributed by atoms with Crippen LogP contribution in [-0.4, -0.2) is 54.0 Å². The lowest BCUT2D eigenvalue weighted by atomic mass is 10.0. The van der Waals surface area contributed by atoms with E-state index in [-0.39, 0.29) is 41.0 Å². The van der Waals surface area contributed by atoms with E-state index in [1.54, 1.807) is 19.9 Å². The van der Waals surface area contributed by atoms with Crippen LogP contribution in [0.15, 0.2) is 35.7 Å². The highest BCUT2D eigenvalue weighted by Gasteiger charge is 2.24. The Morgan fingerprint density at radius 1 is 1.33 bits per heavy atom. The van der Waals surface area contributed by atoms with Gasteiger partial charge in [0.15, 0.2) is 5.65 Å². The Balaban J connectivity index is 1.79. The molecule has 11 heteroatoms. The van der Waals surface area contributed by atoms with Gasteiger partial charge in [0, 0.05) is 23.2 Å². The van der Waals surface area contributed by atoms with E-state index in [0.717, 1.165) is 0 Å². The number of benzene rings is 1. The smallest absolute Gasteiger partial charge is 0.221 e. The van der Waals surface area contributed by atoms with Crippen molar-refractivity contribution in [3.63, 3.8) is 0 Å². The van der Waals surface area contributed by atoms with Crippen LogP contribution in [-0.2, 0) is 4.84 Å². The SMILES string of the molecule is CC(=NOCCO)c1cnc2nnn(C(C)c3c(F)cc4ncccc4c3F)c2n1. The van der Waals surface area contributed by atoms with Gasteiger partial charge in [-0.3, -0.25) is 4.98 Å². The van der Waals surface area contributed by atoms with Crippen molar-refractivity contribution in [2.24, 2.45) is 5.16 Å². The van der Waals surface area contributed by atoms with Gasteiger partial charge in [0.25, 0.3) is 0 Å². The van der Waals surface area contributed by atoms with Gasteiger partial charge in [-0.15, -0.1) is 5.10 Å². The van der Waals surface area contributed by atoms with Gasteiger partial charge in [-0.1, -0.05) is 10.4 Å². The molecule has 4 rings (SSSR count). The summed E-state index contributed by atoms with van der Waals surface area (Å²) in [5.74, 6) is -1.46. The highest BCUT2D eigenvalue weighted by molar-refractivity contribution is 5.97. The lowest BCUT2D eigenvalue weighted by molar-refractivity contribution is 0.0986. The van der Waals surface area contributed by atoms with Crippen LogP contribution in [0.4, 0.5) is 8.78 Å². The van der Waals surface area contributed by atoms with Crippen LogP contribution in [0.25, 0.3) is 22.2 Å². The Kier molecular flexibility index (Phi) is 5.27. The van der Waals surface area contributed by atoms with Crippen LogP contribution in [0, 0.1) is 11.6 Å². The molecule has 3 heterocycles. The summed E-state index contributed by atoms with van der Waals surface area (Å²) in [5, 5.41) is 20.8. The summed E-state index contributed by atoms with van der Waals surface area (Å²) in [6.45, 7) is 3.12. The van der Waals surface area contributed by atoms with Gasteiger partial charge >= 0.3 is 0 Å². The second-order valence-electron chi connectivity index (χ2n) is 6.50. The predicted octanol–water partition coefficient (Wildman–Crippen LogP) is 2.39. The summed E-state index contributed by atoms with van der Waals surface area (Å²) >= 11 is 0. The van der Waals surface area contributed by atoms with Gasteiger partial charge in [-0.05, 0) is 26.0 Å². The van der Waals surface area contributed by atoms with Crippen molar-refractivity contribution in [2.75, 3.05) is 13.2 Å². The molecule has 0 spiro atoms. The number of halogens is 2. The fourth-order valence-corrected chi connectivity index (χ4v) is 3.07. The van der Waals surface area contributed by atoms with Crippen molar-refractivity contribution in [1.29, 1.82) is 0 Å². The van der Waals surface area contributed by atoms with E-state index in [0.29, 0.717) is 11.4 Å². The molecular formula is C19H17F2N7O2. The molecule has 1 unspecified atom stereocenters. The molecule has 0 saturated carbocycles. The molecule has 3 aromatic heterocycles. The first-order valence-corrected chi connectivity index (χ1v) is 9.09. The molecular weight excluding hydrogens is 396 g/mol. The number of aromatic nitrogens is 6. The average Bonchev–Trinajstić information content (AvgIpc) is 3.17. The highest BCUT2D eigenvalue weighted by atomic mass is 19.1. The number of hydrogen-bond donors (Lipinski definition) is 1. The first-order chi connectivity index (χ1) is 14.5. The molecule has 0 fully saturated rings. The molecule has 1 N–H and O–H groups in total. The quantitative estimate of drug-likeness (QED) is 0.293. The number of fused-ring (bicyclic) bond motifs is 2. The zero-order valence-corrected chi connectivity index (χ0v) is 16.1. The largest absolute Gasteiger partial charge is 0.393 e. The first kappa shape index (κ1) is 19.7. The van der Waals surface area contributed by atoms with Gasteiger partial charge in [0.05, 0.1) is 24.4 Å². The summed E-state index contributed by atoms with van der Waals surface area (Å²) in [7, 11) is 0. The van der Waals surface area contributed by atoms with Crippen LogP contribution in [0.5, 0.6) is 0 Å². The summed E-state index contributed by atoms with van der Waals surface area (Å²) in [6.07, 6.45) is 2.91. The molecule has 0 amide bonds. The summed E-state index contributed by atoms with van der Waals surface area (Å²) in [5.41, 5.74) is 1.29. The van der Waals surface area contributed by atoms with Crippen molar-refractivity contribution < 1.29 is 18.7 Å². The number of aliphatic hydroxyl groups excluding tert-OH is 1. The Morgan fingerprint density at radius 2 is 2.17 bits per heavy atom. The molecule has 30 heavy (non-hydrogen) atoms. The lowest BCUT2D eigenvalue weighted by Crippen LogP contribution is -2.14. The van der Waals surface area contributed by atoms with E-state index in [9.17, 15) is 4.39 Å². The molecule has 154 valence electrons. The fraction of sp³-hybridized carbons (Fsp3) is 0.263. The molecule has 9 nitrogen and oxygen atoms in total. The van der Waals surface area contributed by atoms with E-state index in [1.165, 1.54) is 29.2 Å². The Morgan fingerprint density at radius 3 is 2.97 bits per heavy atom. The predicted molar refractivity (Wildman–Crippen MR) is 104 cm³/mol. The monoisotopic (exact) mass is 413 g/mol. The third-order valence-corrected chi connectivity index (χ3v) is 4.56. The van der Waals surface area contributed by atoms with Crippen molar-refractivity contribution in [1.82, 2.24) is 29.9 Å².